The van der Waals surface area contributed by atoms with Gasteiger partial charge in [0.25, 0.3) is 0 Å². The van der Waals surface area contributed by atoms with E-state index in [2.05, 4.69) is 10.3 Å². The Kier molecular flexibility index (Phi) is 7.66. The summed E-state index contributed by atoms with van der Waals surface area (Å²) >= 11 is 0. The van der Waals surface area contributed by atoms with Crippen LogP contribution in [0.25, 0.3) is 0 Å². The molecule has 0 spiro atoms. The Hall–Kier alpha value is -2.84. The quantitative estimate of drug-likeness (QED) is 0.392. The number of rotatable bonds is 10. The van der Waals surface area contributed by atoms with E-state index in [4.69, 9.17) is 23.7 Å². The van der Waals surface area contributed by atoms with Crippen LogP contribution in [0.1, 0.15) is 10.4 Å². The molecule has 0 saturated heterocycles. The van der Waals surface area contributed by atoms with Gasteiger partial charge in [0.05, 0.1) is 39.3 Å². The van der Waals surface area contributed by atoms with Gasteiger partial charge in [0.1, 0.15) is 17.1 Å². The highest BCUT2D eigenvalue weighted by molar-refractivity contribution is 5.95. The smallest absolute Gasteiger partial charge is 0.341 e. The Labute approximate surface area is 152 Å². The maximum absolute atomic E-state index is 12.0. The predicted molar refractivity (Wildman–Crippen MR) is 95.2 cm³/mol. The summed E-state index contributed by atoms with van der Waals surface area (Å²) in [5.41, 5.74) is 0.835. The molecule has 8 nitrogen and oxygen atoms in total. The Balaban J connectivity index is 2.20. The Morgan fingerprint density at radius 3 is 2.62 bits per heavy atom. The van der Waals surface area contributed by atoms with E-state index in [0.29, 0.717) is 36.2 Å². The number of ether oxygens (including phenoxy) is 5. The highest BCUT2D eigenvalue weighted by atomic mass is 16.7. The van der Waals surface area contributed by atoms with Crippen LogP contribution in [0.3, 0.4) is 0 Å². The maximum atomic E-state index is 12.0. The van der Waals surface area contributed by atoms with Gasteiger partial charge in [0.15, 0.2) is 12.5 Å². The first-order valence-corrected chi connectivity index (χ1v) is 7.87. The van der Waals surface area contributed by atoms with Crippen LogP contribution in [0.4, 0.5) is 11.5 Å². The number of methoxy groups -OCH3 is 3. The topological polar surface area (TPSA) is 88.1 Å². The number of hydrogen-bond donors (Lipinski definition) is 1. The molecule has 0 aliphatic carbocycles. The van der Waals surface area contributed by atoms with Crippen molar-refractivity contribution in [2.45, 2.75) is 0 Å². The average Bonchev–Trinajstić information content (AvgIpc) is 2.68. The molecule has 2 rings (SSSR count). The van der Waals surface area contributed by atoms with Crippen molar-refractivity contribution >= 4 is 17.5 Å². The molecule has 0 radical (unpaired) electrons. The largest absolute Gasteiger partial charge is 0.495 e. The van der Waals surface area contributed by atoms with Crippen LogP contribution in [0.5, 0.6) is 11.5 Å². The van der Waals surface area contributed by atoms with Crippen molar-refractivity contribution < 1.29 is 28.5 Å². The zero-order chi connectivity index (χ0) is 18.8. The van der Waals surface area contributed by atoms with Crippen LogP contribution in [0.15, 0.2) is 36.5 Å². The monoisotopic (exact) mass is 362 g/mol. The maximum Gasteiger partial charge on any atom is 0.341 e. The van der Waals surface area contributed by atoms with Gasteiger partial charge in [-0.15, -0.1) is 0 Å². The molecule has 0 unspecified atom stereocenters. The number of hydrogen-bond acceptors (Lipinski definition) is 8. The van der Waals surface area contributed by atoms with E-state index in [-0.39, 0.29) is 12.4 Å². The SMILES string of the molecule is COCCOCOc1c(Nc2ccc(OC)cn2)cccc1C(=O)OC. The number of esters is 1. The third kappa shape index (κ3) is 5.33. The van der Waals surface area contributed by atoms with E-state index in [0.717, 1.165) is 0 Å². The molecule has 0 atom stereocenters. The van der Waals surface area contributed by atoms with E-state index in [9.17, 15) is 4.79 Å². The molecule has 8 heteroatoms. The van der Waals surface area contributed by atoms with Crippen LogP contribution in [0, 0.1) is 0 Å². The zero-order valence-electron chi connectivity index (χ0n) is 15.0. The van der Waals surface area contributed by atoms with Gasteiger partial charge < -0.3 is 29.0 Å². The minimum absolute atomic E-state index is 0.0396. The van der Waals surface area contributed by atoms with Crippen molar-refractivity contribution in [3.63, 3.8) is 0 Å². The van der Waals surface area contributed by atoms with Crippen molar-refractivity contribution in [3.8, 4) is 11.5 Å². The van der Waals surface area contributed by atoms with E-state index in [1.165, 1.54) is 7.11 Å². The van der Waals surface area contributed by atoms with Gasteiger partial charge in [-0.2, -0.15) is 0 Å². The van der Waals surface area contributed by atoms with Gasteiger partial charge in [-0.3, -0.25) is 0 Å². The molecule has 26 heavy (non-hydrogen) atoms. The number of anilines is 2. The lowest BCUT2D eigenvalue weighted by molar-refractivity contribution is -0.00873. The van der Waals surface area contributed by atoms with E-state index >= 15 is 0 Å². The number of carbonyl (C=O) groups excluding carboxylic acids is 1. The third-order valence-corrected chi connectivity index (χ3v) is 3.37. The van der Waals surface area contributed by atoms with E-state index in [1.807, 2.05) is 0 Å². The number of nitrogens with zero attached hydrogens (tertiary/aromatic N) is 1. The lowest BCUT2D eigenvalue weighted by Crippen LogP contribution is -2.12. The van der Waals surface area contributed by atoms with Crippen LogP contribution in [-0.4, -0.2) is 52.3 Å². The van der Waals surface area contributed by atoms with Crippen LogP contribution in [-0.2, 0) is 14.2 Å². The van der Waals surface area contributed by atoms with Crippen LogP contribution >= 0.6 is 0 Å². The number of nitrogens with one attached hydrogen (secondary N) is 1. The highest BCUT2D eigenvalue weighted by Gasteiger charge is 2.17. The summed E-state index contributed by atoms with van der Waals surface area (Å²) in [7, 11) is 4.46. The molecule has 1 aromatic heterocycles. The Morgan fingerprint density at radius 1 is 1.12 bits per heavy atom. The van der Waals surface area contributed by atoms with Gasteiger partial charge in [-0.1, -0.05) is 6.07 Å². The molecule has 1 N–H and O–H groups in total. The summed E-state index contributed by atoms with van der Waals surface area (Å²) in [6.45, 7) is 0.782. The van der Waals surface area contributed by atoms with Crippen LogP contribution < -0.4 is 14.8 Å². The van der Waals surface area contributed by atoms with Gasteiger partial charge >= 0.3 is 5.97 Å². The highest BCUT2D eigenvalue weighted by Crippen LogP contribution is 2.32. The number of pyridine rings is 1. The molecule has 2 aromatic rings. The molecule has 140 valence electrons. The summed E-state index contributed by atoms with van der Waals surface area (Å²) < 4.78 is 25.8. The van der Waals surface area contributed by atoms with Crippen molar-refractivity contribution in [1.29, 1.82) is 0 Å². The van der Waals surface area contributed by atoms with Crippen molar-refractivity contribution in [2.75, 3.05) is 46.7 Å². The second-order valence-corrected chi connectivity index (χ2v) is 5.05. The van der Waals surface area contributed by atoms with Crippen molar-refractivity contribution in [2.24, 2.45) is 0 Å². The second kappa shape index (κ2) is 10.2. The fraction of sp³-hybridized carbons (Fsp3) is 0.333. The predicted octanol–water partition coefficient (Wildman–Crippen LogP) is 2.62. The molecular weight excluding hydrogens is 340 g/mol. The van der Waals surface area contributed by atoms with Gasteiger partial charge in [0, 0.05) is 7.11 Å². The molecule has 0 saturated carbocycles. The molecule has 0 aliphatic heterocycles. The van der Waals surface area contributed by atoms with Crippen molar-refractivity contribution in [1.82, 2.24) is 4.98 Å². The van der Waals surface area contributed by atoms with Crippen molar-refractivity contribution in [3.05, 3.63) is 42.1 Å². The number of benzene rings is 1. The molecule has 0 amide bonds. The zero-order valence-corrected chi connectivity index (χ0v) is 15.0. The molecule has 1 heterocycles. The average molecular weight is 362 g/mol. The Bertz CT molecular complexity index is 705. The first kappa shape index (κ1) is 19.5. The number of aromatic nitrogens is 1. The summed E-state index contributed by atoms with van der Waals surface area (Å²) in [6, 6.07) is 8.62. The van der Waals surface area contributed by atoms with E-state index < -0.39 is 5.97 Å². The lowest BCUT2D eigenvalue weighted by Gasteiger charge is -2.16. The molecule has 0 bridgehead atoms. The molecule has 0 fully saturated rings. The normalized spacial score (nSPS) is 10.3. The van der Waals surface area contributed by atoms with E-state index in [1.54, 1.807) is 50.7 Å². The number of para-hydroxylation sites is 1. The van der Waals surface area contributed by atoms with Crippen LogP contribution in [0.2, 0.25) is 0 Å². The lowest BCUT2D eigenvalue weighted by atomic mass is 10.1. The standard InChI is InChI=1S/C18H22N2O6/c1-22-9-10-25-12-26-17-14(18(21)24-3)5-4-6-15(17)20-16-8-7-13(23-2)11-19-16/h4-8,11H,9-10,12H2,1-3H3,(H,19,20). The first-order valence-electron chi connectivity index (χ1n) is 7.87. The minimum atomic E-state index is -0.511. The fourth-order valence-corrected chi connectivity index (χ4v) is 2.08. The molecule has 0 aliphatic rings. The first-order chi connectivity index (χ1) is 12.7. The summed E-state index contributed by atoms with van der Waals surface area (Å²) in [6.07, 6.45) is 1.58. The van der Waals surface area contributed by atoms with Gasteiger partial charge in [-0.05, 0) is 24.3 Å². The summed E-state index contributed by atoms with van der Waals surface area (Å²) in [5.74, 6) is 1.01. The third-order valence-electron chi connectivity index (χ3n) is 3.37. The van der Waals surface area contributed by atoms with Gasteiger partial charge in [-0.25, -0.2) is 9.78 Å². The molecular formula is C18H22N2O6. The second-order valence-electron chi connectivity index (χ2n) is 5.05. The fourth-order valence-electron chi connectivity index (χ4n) is 2.08. The summed E-state index contributed by atoms with van der Waals surface area (Å²) in [5, 5.41) is 3.12. The molecule has 1 aromatic carbocycles. The number of carbonyl (C=O) groups is 1. The Morgan fingerprint density at radius 2 is 1.96 bits per heavy atom. The van der Waals surface area contributed by atoms with Gasteiger partial charge in [0.2, 0.25) is 0 Å². The summed E-state index contributed by atoms with van der Waals surface area (Å²) in [4.78, 5) is 16.3. The minimum Gasteiger partial charge on any atom is -0.495 e.